The molecule has 2 rings (SSSR count). The predicted molar refractivity (Wildman–Crippen MR) is 47.6 cm³/mol. The van der Waals surface area contributed by atoms with Crippen molar-refractivity contribution in [2.75, 3.05) is 6.54 Å². The SMILES string of the molecule is CCC1(C2CC2C)CNC(=O)C1. The molecule has 12 heavy (non-hydrogen) atoms. The third kappa shape index (κ3) is 1.05. The van der Waals surface area contributed by atoms with E-state index in [-0.39, 0.29) is 5.91 Å². The minimum absolute atomic E-state index is 0.260. The lowest BCUT2D eigenvalue weighted by Crippen LogP contribution is -2.26. The summed E-state index contributed by atoms with van der Waals surface area (Å²) < 4.78 is 0. The zero-order valence-electron chi connectivity index (χ0n) is 7.89. The third-order valence-corrected chi connectivity index (χ3v) is 3.75. The summed E-state index contributed by atoms with van der Waals surface area (Å²) in [6, 6.07) is 0. The van der Waals surface area contributed by atoms with Crippen LogP contribution in [0.1, 0.15) is 33.1 Å². The first kappa shape index (κ1) is 8.09. The topological polar surface area (TPSA) is 29.1 Å². The van der Waals surface area contributed by atoms with Gasteiger partial charge in [-0.1, -0.05) is 13.8 Å². The van der Waals surface area contributed by atoms with E-state index in [9.17, 15) is 4.79 Å². The molecule has 68 valence electrons. The molecular weight excluding hydrogens is 150 g/mol. The minimum atomic E-state index is 0.260. The highest BCUT2D eigenvalue weighted by atomic mass is 16.1. The summed E-state index contributed by atoms with van der Waals surface area (Å²) in [7, 11) is 0. The van der Waals surface area contributed by atoms with Gasteiger partial charge in [0, 0.05) is 13.0 Å². The molecule has 1 amide bonds. The molecule has 0 spiro atoms. The van der Waals surface area contributed by atoms with E-state index in [0.29, 0.717) is 5.41 Å². The molecule has 1 aliphatic heterocycles. The summed E-state index contributed by atoms with van der Waals surface area (Å²) in [5, 5.41) is 2.96. The van der Waals surface area contributed by atoms with Gasteiger partial charge in [0.15, 0.2) is 0 Å². The molecule has 0 aromatic heterocycles. The highest BCUT2D eigenvalue weighted by molar-refractivity contribution is 5.79. The quantitative estimate of drug-likeness (QED) is 0.664. The van der Waals surface area contributed by atoms with E-state index in [2.05, 4.69) is 19.2 Å². The van der Waals surface area contributed by atoms with E-state index in [1.54, 1.807) is 0 Å². The van der Waals surface area contributed by atoms with Gasteiger partial charge in [0.25, 0.3) is 0 Å². The molecule has 3 atom stereocenters. The smallest absolute Gasteiger partial charge is 0.220 e. The van der Waals surface area contributed by atoms with E-state index in [4.69, 9.17) is 0 Å². The molecule has 2 fully saturated rings. The van der Waals surface area contributed by atoms with Crippen LogP contribution in [0, 0.1) is 17.3 Å². The van der Waals surface area contributed by atoms with Crippen LogP contribution in [0.5, 0.6) is 0 Å². The van der Waals surface area contributed by atoms with Crippen LogP contribution in [0.2, 0.25) is 0 Å². The van der Waals surface area contributed by atoms with Gasteiger partial charge < -0.3 is 5.32 Å². The normalized spacial score (nSPS) is 46.0. The lowest BCUT2D eigenvalue weighted by molar-refractivity contribution is -0.119. The fourth-order valence-electron chi connectivity index (χ4n) is 2.67. The summed E-state index contributed by atoms with van der Waals surface area (Å²) in [6.07, 6.45) is 3.27. The molecule has 1 aliphatic carbocycles. The van der Waals surface area contributed by atoms with Crippen LogP contribution in [0.25, 0.3) is 0 Å². The first-order chi connectivity index (χ1) is 5.68. The molecule has 0 aromatic rings. The molecular formula is C10H17NO. The molecule has 1 N–H and O–H groups in total. The third-order valence-electron chi connectivity index (χ3n) is 3.75. The van der Waals surface area contributed by atoms with Gasteiger partial charge in [-0.2, -0.15) is 0 Å². The predicted octanol–water partition coefficient (Wildman–Crippen LogP) is 1.56. The molecule has 2 nitrogen and oxygen atoms in total. The van der Waals surface area contributed by atoms with Crippen LogP contribution in [0.15, 0.2) is 0 Å². The molecule has 1 saturated heterocycles. The highest BCUT2D eigenvalue weighted by Gasteiger charge is 2.52. The standard InChI is InChI=1S/C10H17NO/c1-3-10(8-4-7(8)2)5-9(12)11-6-10/h7-8H,3-6H2,1-2H3,(H,11,12). The maximum absolute atomic E-state index is 11.1. The number of hydrogen-bond acceptors (Lipinski definition) is 1. The van der Waals surface area contributed by atoms with Crippen molar-refractivity contribution < 1.29 is 4.79 Å². The average Bonchev–Trinajstić information content (AvgIpc) is 2.64. The van der Waals surface area contributed by atoms with Crippen LogP contribution in [-0.2, 0) is 4.79 Å². The van der Waals surface area contributed by atoms with Gasteiger partial charge in [0.2, 0.25) is 5.91 Å². The van der Waals surface area contributed by atoms with Gasteiger partial charge in [0.05, 0.1) is 0 Å². The van der Waals surface area contributed by atoms with Crippen molar-refractivity contribution in [2.45, 2.75) is 33.1 Å². The van der Waals surface area contributed by atoms with Crippen molar-refractivity contribution in [1.29, 1.82) is 0 Å². The Balaban J connectivity index is 2.10. The Morgan fingerprint density at radius 2 is 2.33 bits per heavy atom. The van der Waals surface area contributed by atoms with Gasteiger partial charge in [0.1, 0.15) is 0 Å². The fourth-order valence-corrected chi connectivity index (χ4v) is 2.67. The van der Waals surface area contributed by atoms with Crippen LogP contribution in [0.4, 0.5) is 0 Å². The van der Waals surface area contributed by atoms with Crippen LogP contribution >= 0.6 is 0 Å². The summed E-state index contributed by atoms with van der Waals surface area (Å²) in [4.78, 5) is 11.1. The number of carbonyl (C=O) groups excluding carboxylic acids is 1. The number of hydrogen-bond donors (Lipinski definition) is 1. The lowest BCUT2D eigenvalue weighted by Gasteiger charge is -2.25. The zero-order valence-corrected chi connectivity index (χ0v) is 7.89. The summed E-state index contributed by atoms with van der Waals surface area (Å²) in [5.74, 6) is 1.94. The van der Waals surface area contributed by atoms with Crippen molar-refractivity contribution in [3.05, 3.63) is 0 Å². The zero-order chi connectivity index (χ0) is 8.77. The second-order valence-corrected chi connectivity index (χ2v) is 4.49. The minimum Gasteiger partial charge on any atom is -0.356 e. The Bertz CT molecular complexity index is 214. The number of rotatable bonds is 2. The molecule has 0 aromatic carbocycles. The number of carbonyl (C=O) groups is 1. The molecule has 3 unspecified atom stereocenters. The Morgan fingerprint density at radius 3 is 2.67 bits per heavy atom. The molecule has 2 aliphatic rings. The maximum Gasteiger partial charge on any atom is 0.220 e. The van der Waals surface area contributed by atoms with Crippen molar-refractivity contribution in [3.63, 3.8) is 0 Å². The maximum atomic E-state index is 11.1. The van der Waals surface area contributed by atoms with Crippen LogP contribution < -0.4 is 5.32 Å². The highest BCUT2D eigenvalue weighted by Crippen LogP contribution is 2.55. The fraction of sp³-hybridized carbons (Fsp3) is 0.900. The number of amides is 1. The van der Waals surface area contributed by atoms with Crippen LogP contribution in [0.3, 0.4) is 0 Å². The molecule has 1 heterocycles. The van der Waals surface area contributed by atoms with Crippen molar-refractivity contribution in [3.8, 4) is 0 Å². The van der Waals surface area contributed by atoms with Gasteiger partial charge in [-0.25, -0.2) is 0 Å². The summed E-state index contributed by atoms with van der Waals surface area (Å²) in [6.45, 7) is 5.44. The van der Waals surface area contributed by atoms with E-state index in [1.165, 1.54) is 6.42 Å². The largest absolute Gasteiger partial charge is 0.356 e. The second-order valence-electron chi connectivity index (χ2n) is 4.49. The summed E-state index contributed by atoms with van der Waals surface area (Å²) in [5.41, 5.74) is 0.330. The number of nitrogens with one attached hydrogen (secondary N) is 1. The Hall–Kier alpha value is -0.530. The summed E-state index contributed by atoms with van der Waals surface area (Å²) >= 11 is 0. The van der Waals surface area contributed by atoms with Gasteiger partial charge in [-0.3, -0.25) is 4.79 Å². The van der Waals surface area contributed by atoms with Crippen molar-refractivity contribution >= 4 is 5.91 Å². The van der Waals surface area contributed by atoms with E-state index in [1.807, 2.05) is 0 Å². The van der Waals surface area contributed by atoms with Crippen LogP contribution in [-0.4, -0.2) is 12.5 Å². The van der Waals surface area contributed by atoms with E-state index in [0.717, 1.165) is 31.2 Å². The Kier molecular flexibility index (Phi) is 1.67. The molecule has 0 radical (unpaired) electrons. The Labute approximate surface area is 73.7 Å². The van der Waals surface area contributed by atoms with Gasteiger partial charge in [-0.05, 0) is 30.1 Å². The monoisotopic (exact) mass is 167 g/mol. The average molecular weight is 167 g/mol. The van der Waals surface area contributed by atoms with Gasteiger partial charge >= 0.3 is 0 Å². The van der Waals surface area contributed by atoms with Crippen molar-refractivity contribution in [1.82, 2.24) is 5.32 Å². The van der Waals surface area contributed by atoms with E-state index >= 15 is 0 Å². The molecule has 1 saturated carbocycles. The first-order valence-electron chi connectivity index (χ1n) is 4.94. The van der Waals surface area contributed by atoms with Gasteiger partial charge in [-0.15, -0.1) is 0 Å². The second kappa shape index (κ2) is 2.48. The van der Waals surface area contributed by atoms with Crippen molar-refractivity contribution in [2.24, 2.45) is 17.3 Å². The molecule has 2 heteroatoms. The lowest BCUT2D eigenvalue weighted by atomic mass is 9.78. The first-order valence-corrected chi connectivity index (χ1v) is 4.94. The molecule has 0 bridgehead atoms. The Morgan fingerprint density at radius 1 is 1.67 bits per heavy atom. The van der Waals surface area contributed by atoms with E-state index < -0.39 is 0 Å².